The summed E-state index contributed by atoms with van der Waals surface area (Å²) < 4.78 is 13.0. The van der Waals surface area contributed by atoms with Crippen molar-refractivity contribution in [1.29, 1.82) is 0 Å². The largest absolute Gasteiger partial charge is 0.493 e. The number of nitrogens with one attached hydrogen (secondary N) is 1. The van der Waals surface area contributed by atoms with Gasteiger partial charge in [-0.05, 0) is 38.5 Å². The van der Waals surface area contributed by atoms with Crippen LogP contribution in [0.1, 0.15) is 43.0 Å². The van der Waals surface area contributed by atoms with E-state index in [1.54, 1.807) is 11.8 Å². The SMILES string of the molecule is COc1cc(C2CC(=O)Nc3c2c(C)nn3C)ccc1OC(C)C. The van der Waals surface area contributed by atoms with E-state index in [2.05, 4.69) is 10.4 Å². The number of aryl methyl sites for hydroxylation is 2. The number of carbonyl (C=O) groups is 1. The number of ether oxygens (including phenoxy) is 2. The highest BCUT2D eigenvalue weighted by atomic mass is 16.5. The average molecular weight is 329 g/mol. The van der Waals surface area contributed by atoms with Gasteiger partial charge in [-0.1, -0.05) is 6.07 Å². The van der Waals surface area contributed by atoms with Crippen molar-refractivity contribution in [2.75, 3.05) is 12.4 Å². The topological polar surface area (TPSA) is 65.4 Å². The number of rotatable bonds is 4. The normalized spacial score (nSPS) is 16.8. The number of benzene rings is 1. The van der Waals surface area contributed by atoms with E-state index in [9.17, 15) is 4.79 Å². The maximum absolute atomic E-state index is 12.1. The molecule has 6 nitrogen and oxygen atoms in total. The molecule has 0 fully saturated rings. The van der Waals surface area contributed by atoms with Gasteiger partial charge in [0.15, 0.2) is 11.5 Å². The summed E-state index contributed by atoms with van der Waals surface area (Å²) in [6.45, 7) is 5.92. The number of aromatic nitrogens is 2. The molecule has 1 aliphatic heterocycles. The standard InChI is InChI=1S/C18H23N3O3/c1-10(2)24-14-7-6-12(8-15(14)23-5)13-9-16(22)19-18-17(13)11(3)20-21(18)4/h6-8,10,13H,9H2,1-5H3,(H,19,22). The Balaban J connectivity index is 2.05. The third kappa shape index (κ3) is 2.84. The predicted octanol–water partition coefficient (Wildman–Crippen LogP) is 3.00. The molecule has 0 aliphatic carbocycles. The van der Waals surface area contributed by atoms with E-state index < -0.39 is 0 Å². The van der Waals surface area contributed by atoms with Crippen LogP contribution in [0.5, 0.6) is 11.5 Å². The minimum Gasteiger partial charge on any atom is -0.493 e. The van der Waals surface area contributed by atoms with Crippen LogP contribution in [0.2, 0.25) is 0 Å². The van der Waals surface area contributed by atoms with Gasteiger partial charge in [0.25, 0.3) is 0 Å². The molecule has 1 N–H and O–H groups in total. The van der Waals surface area contributed by atoms with Crippen molar-refractivity contribution in [3.8, 4) is 11.5 Å². The van der Waals surface area contributed by atoms with Gasteiger partial charge in [0, 0.05) is 24.9 Å². The summed E-state index contributed by atoms with van der Waals surface area (Å²) >= 11 is 0. The number of hydrogen-bond donors (Lipinski definition) is 1. The number of fused-ring (bicyclic) bond motifs is 1. The lowest BCUT2D eigenvalue weighted by atomic mass is 9.85. The van der Waals surface area contributed by atoms with Crippen LogP contribution in [0, 0.1) is 6.92 Å². The van der Waals surface area contributed by atoms with E-state index in [1.807, 2.05) is 46.0 Å². The number of amides is 1. The molecule has 24 heavy (non-hydrogen) atoms. The van der Waals surface area contributed by atoms with Gasteiger partial charge >= 0.3 is 0 Å². The predicted molar refractivity (Wildman–Crippen MR) is 91.8 cm³/mol. The van der Waals surface area contributed by atoms with E-state index in [0.717, 1.165) is 22.6 Å². The van der Waals surface area contributed by atoms with Gasteiger partial charge in [0.2, 0.25) is 5.91 Å². The molecule has 0 radical (unpaired) electrons. The summed E-state index contributed by atoms with van der Waals surface area (Å²) in [5, 5.41) is 7.37. The highest BCUT2D eigenvalue weighted by Crippen LogP contribution is 2.41. The summed E-state index contributed by atoms with van der Waals surface area (Å²) in [5.41, 5.74) is 3.02. The number of anilines is 1. The lowest BCUT2D eigenvalue weighted by Gasteiger charge is -2.25. The van der Waals surface area contributed by atoms with Crippen molar-refractivity contribution in [3.05, 3.63) is 35.0 Å². The Labute approximate surface area is 141 Å². The Bertz CT molecular complexity index is 780. The van der Waals surface area contributed by atoms with Crippen molar-refractivity contribution in [2.24, 2.45) is 7.05 Å². The summed E-state index contributed by atoms with van der Waals surface area (Å²) in [4.78, 5) is 12.1. The maximum atomic E-state index is 12.1. The van der Waals surface area contributed by atoms with Gasteiger partial charge < -0.3 is 14.8 Å². The number of methoxy groups -OCH3 is 1. The van der Waals surface area contributed by atoms with E-state index in [4.69, 9.17) is 9.47 Å². The molecular formula is C18H23N3O3. The van der Waals surface area contributed by atoms with Crippen molar-refractivity contribution in [2.45, 2.75) is 39.2 Å². The Morgan fingerprint density at radius 1 is 1.33 bits per heavy atom. The van der Waals surface area contributed by atoms with E-state index in [-0.39, 0.29) is 17.9 Å². The van der Waals surface area contributed by atoms with E-state index in [1.165, 1.54) is 0 Å². The molecule has 1 aromatic heterocycles. The lowest BCUT2D eigenvalue weighted by molar-refractivity contribution is -0.116. The van der Waals surface area contributed by atoms with Gasteiger partial charge in [0.1, 0.15) is 5.82 Å². The molecule has 3 rings (SSSR count). The second kappa shape index (κ2) is 6.19. The van der Waals surface area contributed by atoms with Crippen molar-refractivity contribution in [3.63, 3.8) is 0 Å². The summed E-state index contributed by atoms with van der Waals surface area (Å²) in [7, 11) is 3.47. The molecular weight excluding hydrogens is 306 g/mol. The zero-order valence-corrected chi connectivity index (χ0v) is 14.7. The fourth-order valence-electron chi connectivity index (χ4n) is 3.25. The quantitative estimate of drug-likeness (QED) is 0.936. The summed E-state index contributed by atoms with van der Waals surface area (Å²) in [6.07, 6.45) is 0.463. The second-order valence-electron chi connectivity index (χ2n) is 6.35. The van der Waals surface area contributed by atoms with Crippen LogP contribution in [0.25, 0.3) is 0 Å². The molecule has 0 saturated heterocycles. The van der Waals surface area contributed by atoms with E-state index in [0.29, 0.717) is 17.9 Å². The molecule has 1 aliphatic rings. The third-order valence-corrected chi connectivity index (χ3v) is 4.22. The second-order valence-corrected chi connectivity index (χ2v) is 6.35. The Morgan fingerprint density at radius 3 is 2.75 bits per heavy atom. The minimum absolute atomic E-state index is 0.00280. The molecule has 1 unspecified atom stereocenters. The molecule has 1 atom stereocenters. The maximum Gasteiger partial charge on any atom is 0.226 e. The smallest absolute Gasteiger partial charge is 0.226 e. The molecule has 1 aromatic carbocycles. The Kier molecular flexibility index (Phi) is 4.22. The van der Waals surface area contributed by atoms with Gasteiger partial charge in [-0.25, -0.2) is 0 Å². The highest BCUT2D eigenvalue weighted by Gasteiger charge is 2.32. The molecule has 2 heterocycles. The molecule has 1 amide bonds. The average Bonchev–Trinajstić information content (AvgIpc) is 2.81. The molecule has 0 spiro atoms. The van der Waals surface area contributed by atoms with Crippen LogP contribution < -0.4 is 14.8 Å². The fourth-order valence-corrected chi connectivity index (χ4v) is 3.25. The van der Waals surface area contributed by atoms with Crippen LogP contribution in [0.15, 0.2) is 18.2 Å². The summed E-state index contributed by atoms with van der Waals surface area (Å²) in [5.74, 6) is 2.12. The first-order valence-electron chi connectivity index (χ1n) is 8.08. The Hall–Kier alpha value is -2.50. The fraction of sp³-hybridized carbons (Fsp3) is 0.444. The number of carbonyl (C=O) groups excluding carboxylic acids is 1. The minimum atomic E-state index is -0.0375. The lowest BCUT2D eigenvalue weighted by Crippen LogP contribution is -2.24. The molecule has 6 heteroatoms. The zero-order valence-electron chi connectivity index (χ0n) is 14.7. The first-order valence-corrected chi connectivity index (χ1v) is 8.08. The Morgan fingerprint density at radius 2 is 2.08 bits per heavy atom. The van der Waals surface area contributed by atoms with Crippen molar-refractivity contribution < 1.29 is 14.3 Å². The van der Waals surface area contributed by atoms with Crippen LogP contribution in [0.4, 0.5) is 5.82 Å². The summed E-state index contributed by atoms with van der Waals surface area (Å²) in [6, 6.07) is 5.86. The molecule has 128 valence electrons. The zero-order chi connectivity index (χ0) is 17.4. The monoisotopic (exact) mass is 329 g/mol. The first kappa shape index (κ1) is 16.4. The van der Waals surface area contributed by atoms with Crippen molar-refractivity contribution in [1.82, 2.24) is 9.78 Å². The van der Waals surface area contributed by atoms with Gasteiger partial charge in [-0.2, -0.15) is 5.10 Å². The third-order valence-electron chi connectivity index (χ3n) is 4.22. The van der Waals surface area contributed by atoms with Crippen LogP contribution in [-0.2, 0) is 11.8 Å². The van der Waals surface area contributed by atoms with Crippen molar-refractivity contribution >= 4 is 11.7 Å². The number of nitrogens with zero attached hydrogens (tertiary/aromatic N) is 2. The van der Waals surface area contributed by atoms with Crippen LogP contribution in [-0.4, -0.2) is 28.9 Å². The molecule has 0 bridgehead atoms. The number of hydrogen-bond acceptors (Lipinski definition) is 4. The van der Waals surface area contributed by atoms with Gasteiger partial charge in [-0.3, -0.25) is 9.48 Å². The first-order chi connectivity index (χ1) is 11.4. The van der Waals surface area contributed by atoms with Gasteiger partial charge in [0.05, 0.1) is 18.9 Å². The van der Waals surface area contributed by atoms with Gasteiger partial charge in [-0.15, -0.1) is 0 Å². The van der Waals surface area contributed by atoms with Crippen LogP contribution in [0.3, 0.4) is 0 Å². The van der Waals surface area contributed by atoms with E-state index >= 15 is 0 Å². The molecule has 0 saturated carbocycles. The molecule has 2 aromatic rings. The highest BCUT2D eigenvalue weighted by molar-refractivity contribution is 5.94. The van der Waals surface area contributed by atoms with Crippen LogP contribution >= 0.6 is 0 Å².